The minimum atomic E-state index is -0.965. The molecule has 1 aliphatic heterocycles. The Kier molecular flexibility index (Phi) is 6.82. The van der Waals surface area contributed by atoms with Gasteiger partial charge in [-0.3, -0.25) is 9.69 Å². The number of aryl methyl sites for hydroxylation is 1. The molecule has 7 nitrogen and oxygen atoms in total. The van der Waals surface area contributed by atoms with Crippen molar-refractivity contribution in [3.63, 3.8) is 0 Å². The molecule has 4 aromatic rings. The van der Waals surface area contributed by atoms with Crippen molar-refractivity contribution >= 4 is 57.3 Å². The lowest BCUT2D eigenvalue weighted by Crippen LogP contribution is -2.30. The van der Waals surface area contributed by atoms with Gasteiger partial charge in [0.2, 0.25) is 0 Å². The van der Waals surface area contributed by atoms with E-state index in [2.05, 4.69) is 9.97 Å². The number of carboxylic acids is 1. The molecule has 2 heterocycles. The van der Waals surface area contributed by atoms with Crippen LogP contribution >= 0.6 is 24.0 Å². The summed E-state index contributed by atoms with van der Waals surface area (Å²) in [6, 6.07) is 18.5. The van der Waals surface area contributed by atoms with Crippen molar-refractivity contribution in [2.75, 3.05) is 13.7 Å². The Hall–Kier alpha value is -3.95. The summed E-state index contributed by atoms with van der Waals surface area (Å²) in [6.45, 7) is 2.35. The van der Waals surface area contributed by atoms with Gasteiger partial charge in [-0.05, 0) is 72.5 Å². The van der Waals surface area contributed by atoms with Crippen molar-refractivity contribution in [3.8, 4) is 16.9 Å². The fourth-order valence-electron chi connectivity index (χ4n) is 4.24. The van der Waals surface area contributed by atoms with E-state index in [1.165, 1.54) is 11.8 Å². The number of imidazole rings is 1. The second kappa shape index (κ2) is 10.2. The van der Waals surface area contributed by atoms with Gasteiger partial charge in [0, 0.05) is 12.1 Å². The third-order valence-corrected chi connectivity index (χ3v) is 7.51. The molecule has 0 aliphatic carbocycles. The number of carboxylic acid groups (broad SMARTS) is 1. The highest BCUT2D eigenvalue weighted by atomic mass is 32.2. The summed E-state index contributed by atoms with van der Waals surface area (Å²) >= 11 is 6.77. The van der Waals surface area contributed by atoms with Gasteiger partial charge in [0.1, 0.15) is 15.9 Å². The monoisotopic (exact) mass is 529 g/mol. The lowest BCUT2D eigenvalue weighted by Gasteiger charge is -2.14. The third kappa shape index (κ3) is 5.14. The van der Waals surface area contributed by atoms with Gasteiger partial charge in [0.25, 0.3) is 5.91 Å². The number of ether oxygens (including phenoxy) is 1. The van der Waals surface area contributed by atoms with Gasteiger partial charge in [-0.15, -0.1) is 0 Å². The van der Waals surface area contributed by atoms with Crippen LogP contribution in [0.1, 0.15) is 27.3 Å². The SMILES string of the molecule is COc1ccc(/C=C2\SC(=S)N(CCc3ccc(C(=O)O)cc3)C2=O)cc1-c1ccc2nc(C)[nH]c2c1. The maximum Gasteiger partial charge on any atom is 0.335 e. The third-order valence-electron chi connectivity index (χ3n) is 6.13. The maximum atomic E-state index is 13.1. The minimum absolute atomic E-state index is 0.135. The Morgan fingerprint density at radius 2 is 1.95 bits per heavy atom. The number of nitrogens with zero attached hydrogens (tertiary/aromatic N) is 2. The van der Waals surface area contributed by atoms with E-state index < -0.39 is 5.97 Å². The average molecular weight is 530 g/mol. The predicted octanol–water partition coefficient (Wildman–Crippen LogP) is 5.69. The molecule has 0 saturated carbocycles. The van der Waals surface area contributed by atoms with E-state index in [4.69, 9.17) is 22.1 Å². The van der Waals surface area contributed by atoms with Crippen LogP contribution in [0.2, 0.25) is 0 Å². The maximum absolute atomic E-state index is 13.1. The number of aromatic carboxylic acids is 1. The number of benzene rings is 3. The van der Waals surface area contributed by atoms with E-state index in [9.17, 15) is 9.59 Å². The second-order valence-electron chi connectivity index (χ2n) is 8.60. The molecule has 1 aliphatic rings. The number of H-pyrrole nitrogens is 1. The fraction of sp³-hybridized carbons (Fsp3) is 0.143. The zero-order chi connectivity index (χ0) is 26.1. The van der Waals surface area contributed by atoms with Crippen LogP contribution in [0.3, 0.4) is 0 Å². The molecule has 3 aromatic carbocycles. The van der Waals surface area contributed by atoms with E-state index in [-0.39, 0.29) is 11.5 Å². The topological polar surface area (TPSA) is 95.5 Å². The summed E-state index contributed by atoms with van der Waals surface area (Å²) in [5.74, 6) is 0.484. The number of amides is 1. The Balaban J connectivity index is 1.36. The molecular formula is C28H23N3O4S2. The van der Waals surface area contributed by atoms with Crippen molar-refractivity contribution in [2.45, 2.75) is 13.3 Å². The van der Waals surface area contributed by atoms with Crippen LogP contribution in [-0.4, -0.2) is 49.8 Å². The second-order valence-corrected chi connectivity index (χ2v) is 10.3. The summed E-state index contributed by atoms with van der Waals surface area (Å²) in [7, 11) is 1.64. The smallest absolute Gasteiger partial charge is 0.335 e. The highest BCUT2D eigenvalue weighted by Crippen LogP contribution is 2.36. The number of aromatic nitrogens is 2. The van der Waals surface area contributed by atoms with E-state index in [0.717, 1.165) is 44.9 Å². The number of carbonyl (C=O) groups excluding carboxylic acids is 1. The number of aromatic amines is 1. The molecule has 0 bridgehead atoms. The molecule has 0 spiro atoms. The molecule has 0 radical (unpaired) electrons. The van der Waals surface area contributed by atoms with Crippen LogP contribution in [-0.2, 0) is 11.2 Å². The highest BCUT2D eigenvalue weighted by Gasteiger charge is 2.31. The zero-order valence-electron chi connectivity index (χ0n) is 20.1. The van der Waals surface area contributed by atoms with Crippen LogP contribution in [0.4, 0.5) is 0 Å². The molecule has 186 valence electrons. The lowest BCUT2D eigenvalue weighted by atomic mass is 10.0. The Morgan fingerprint density at radius 3 is 2.68 bits per heavy atom. The molecule has 0 atom stereocenters. The normalized spacial score (nSPS) is 14.6. The van der Waals surface area contributed by atoms with Gasteiger partial charge < -0.3 is 14.8 Å². The minimum Gasteiger partial charge on any atom is -0.496 e. The van der Waals surface area contributed by atoms with Crippen molar-refractivity contribution in [1.29, 1.82) is 0 Å². The molecule has 1 saturated heterocycles. The van der Waals surface area contributed by atoms with E-state index >= 15 is 0 Å². The van der Waals surface area contributed by atoms with Crippen molar-refractivity contribution in [3.05, 3.63) is 88.1 Å². The standard InChI is InChI=1S/C28H23N3O4S2/c1-16-29-22-9-8-20(15-23(22)30-16)21-13-18(5-10-24(21)35-2)14-25-26(32)31(28(36)37-25)12-11-17-3-6-19(7-4-17)27(33)34/h3-10,13-15H,11-12H2,1-2H3,(H,29,30)(H,33,34)/b25-14-. The number of hydrogen-bond acceptors (Lipinski definition) is 6. The first-order chi connectivity index (χ1) is 17.8. The van der Waals surface area contributed by atoms with Crippen LogP contribution in [0.5, 0.6) is 5.75 Å². The number of fused-ring (bicyclic) bond motifs is 1. The highest BCUT2D eigenvalue weighted by molar-refractivity contribution is 8.26. The van der Waals surface area contributed by atoms with Crippen molar-refractivity contribution < 1.29 is 19.4 Å². The Bertz CT molecular complexity index is 1570. The molecular weight excluding hydrogens is 506 g/mol. The molecule has 2 N–H and O–H groups in total. The number of thioether (sulfide) groups is 1. The molecule has 1 fully saturated rings. The molecule has 1 amide bonds. The zero-order valence-corrected chi connectivity index (χ0v) is 21.8. The Labute approximate surface area is 223 Å². The molecule has 5 rings (SSSR count). The Morgan fingerprint density at radius 1 is 1.16 bits per heavy atom. The van der Waals surface area contributed by atoms with Crippen molar-refractivity contribution in [1.82, 2.24) is 14.9 Å². The largest absolute Gasteiger partial charge is 0.496 e. The lowest BCUT2D eigenvalue weighted by molar-refractivity contribution is -0.122. The van der Waals surface area contributed by atoms with E-state index in [1.54, 1.807) is 36.3 Å². The average Bonchev–Trinajstić information content (AvgIpc) is 3.39. The first-order valence-corrected chi connectivity index (χ1v) is 12.8. The quantitative estimate of drug-likeness (QED) is 0.235. The fourth-order valence-corrected chi connectivity index (χ4v) is 5.55. The number of hydrogen-bond donors (Lipinski definition) is 2. The van der Waals surface area contributed by atoms with Crippen LogP contribution in [0.15, 0.2) is 65.6 Å². The predicted molar refractivity (Wildman–Crippen MR) is 150 cm³/mol. The number of thiocarbonyl (C=S) groups is 1. The molecule has 1 aromatic heterocycles. The van der Waals surface area contributed by atoms with Crippen molar-refractivity contribution in [2.24, 2.45) is 0 Å². The summed E-state index contributed by atoms with van der Waals surface area (Å²) in [5.41, 5.74) is 5.76. The summed E-state index contributed by atoms with van der Waals surface area (Å²) in [4.78, 5) is 34.1. The van der Waals surface area contributed by atoms with Gasteiger partial charge in [0.15, 0.2) is 0 Å². The van der Waals surface area contributed by atoms with Gasteiger partial charge in [0.05, 0.1) is 28.6 Å². The number of methoxy groups -OCH3 is 1. The van der Waals surface area contributed by atoms with Gasteiger partial charge >= 0.3 is 5.97 Å². The van der Waals surface area contributed by atoms with Gasteiger partial charge in [-0.2, -0.15) is 0 Å². The first kappa shape index (κ1) is 24.7. The summed E-state index contributed by atoms with van der Waals surface area (Å²) in [5, 5.41) is 9.06. The van der Waals surface area contributed by atoms with Gasteiger partial charge in [-0.25, -0.2) is 9.78 Å². The van der Waals surface area contributed by atoms with Crippen LogP contribution in [0.25, 0.3) is 28.2 Å². The number of rotatable bonds is 7. The van der Waals surface area contributed by atoms with Crippen LogP contribution in [0, 0.1) is 6.92 Å². The van der Waals surface area contributed by atoms with E-state index in [1.807, 2.05) is 49.4 Å². The first-order valence-electron chi connectivity index (χ1n) is 11.5. The molecule has 0 unspecified atom stereocenters. The van der Waals surface area contributed by atoms with Gasteiger partial charge in [-0.1, -0.05) is 48.2 Å². The molecule has 37 heavy (non-hydrogen) atoms. The summed E-state index contributed by atoms with van der Waals surface area (Å²) in [6.07, 6.45) is 2.42. The number of carbonyl (C=O) groups is 2. The summed E-state index contributed by atoms with van der Waals surface area (Å²) < 4.78 is 6.12. The number of nitrogens with one attached hydrogen (secondary N) is 1. The molecule has 9 heteroatoms. The van der Waals surface area contributed by atoms with E-state index in [0.29, 0.717) is 22.2 Å². The van der Waals surface area contributed by atoms with Crippen LogP contribution < -0.4 is 4.74 Å².